The Labute approximate surface area is 404 Å². The number of fused-ring (bicyclic) bond motifs is 13. The van der Waals surface area contributed by atoms with Crippen molar-refractivity contribution in [2.75, 3.05) is 0 Å². The Bertz CT molecular complexity index is 4360. The molecule has 9 nitrogen and oxygen atoms in total. The van der Waals surface area contributed by atoms with Crippen LogP contribution in [0, 0.1) is 0 Å². The predicted molar refractivity (Wildman–Crippen MR) is 288 cm³/mol. The lowest BCUT2D eigenvalue weighted by atomic mass is 10.1. The van der Waals surface area contributed by atoms with E-state index in [9.17, 15) is 0 Å². The second-order valence-electron chi connectivity index (χ2n) is 17.7. The zero-order valence-electron chi connectivity index (χ0n) is 37.3. The quantitative estimate of drug-likeness (QED) is 0.117. The maximum absolute atomic E-state index is 5.51. The molecule has 328 valence electrons. The molecule has 15 aromatic rings. The van der Waals surface area contributed by atoms with Gasteiger partial charge in [0.15, 0.2) is 13.9 Å². The number of rotatable bonds is 7. The van der Waals surface area contributed by atoms with Crippen molar-refractivity contribution in [2.24, 2.45) is 0 Å². The number of thiophene rings is 1. The molecule has 70 heavy (non-hydrogen) atoms. The number of imidazole rings is 4. The van der Waals surface area contributed by atoms with Crippen molar-refractivity contribution in [3.05, 3.63) is 224 Å². The highest BCUT2D eigenvalue weighted by Crippen LogP contribution is 2.35. The zero-order chi connectivity index (χ0) is 45.9. The van der Waals surface area contributed by atoms with Crippen molar-refractivity contribution in [3.63, 3.8) is 0 Å². The van der Waals surface area contributed by atoms with E-state index in [-0.39, 0.29) is 0 Å². The molecule has 9 aromatic carbocycles. The molecule has 0 bridgehead atoms. The Morgan fingerprint density at radius 2 is 0.829 bits per heavy atom. The Balaban J connectivity index is 1.05. The summed E-state index contributed by atoms with van der Waals surface area (Å²) in [7, 11) is -3.11. The summed E-state index contributed by atoms with van der Waals surface area (Å²) >= 11 is 1.89. The molecule has 0 aliphatic rings. The highest BCUT2D eigenvalue weighted by atomic mass is 32.1. The van der Waals surface area contributed by atoms with Gasteiger partial charge in [0, 0.05) is 25.7 Å². The van der Waals surface area contributed by atoms with Gasteiger partial charge in [0.25, 0.3) is 0 Å². The topological polar surface area (TPSA) is 83.1 Å². The summed E-state index contributed by atoms with van der Waals surface area (Å²) in [6.45, 7) is 0. The standard InChI is InChI=1S/C59H37N9SSi/c1-3-20-39(21-4-1)70(40-22-5-2-6-23-40,53-36-18-26-43-42-25-7-16-35-52(42)69-54(43)53)41-24-17-19-38(37-41)55-62-56(67-50-33-14-12-31-48(50)65-46-29-10-8-27-44(46)60-58(65)67)64-57(63-55)68-51-34-15-13-32-49(51)66-47-30-11-9-28-45(47)61-59(66)68/h1-37H. The molecular weight excluding hydrogens is 895 g/mol. The van der Waals surface area contributed by atoms with Gasteiger partial charge in [0.2, 0.25) is 23.5 Å². The first-order valence-corrected chi connectivity index (χ1v) is 26.2. The third-order valence-electron chi connectivity index (χ3n) is 14.0. The first-order chi connectivity index (χ1) is 34.7. The number of hydrogen-bond donors (Lipinski definition) is 0. The minimum Gasteiger partial charge on any atom is -0.276 e. The molecular formula is C59H37N9SSi. The molecule has 0 unspecified atom stereocenters. The molecule has 0 saturated carbocycles. The SMILES string of the molecule is c1ccc([Si](c2ccccc2)(c2cccc(-c3nc(-n4c5ccccc5n5c6ccccc6nc45)nc(-n4c5ccccc5n5c6ccccc6nc45)n3)c2)c2cccc3c2sc2ccccc23)cc1. The van der Waals surface area contributed by atoms with Crippen molar-refractivity contribution in [1.82, 2.24) is 42.9 Å². The van der Waals surface area contributed by atoms with E-state index in [1.807, 2.05) is 23.5 Å². The van der Waals surface area contributed by atoms with Crippen LogP contribution in [0.1, 0.15) is 0 Å². The molecule has 6 aromatic heterocycles. The van der Waals surface area contributed by atoms with E-state index in [0.29, 0.717) is 29.3 Å². The summed E-state index contributed by atoms with van der Waals surface area (Å²) in [5.41, 5.74) is 8.52. The van der Waals surface area contributed by atoms with E-state index in [1.54, 1.807) is 0 Å². The molecule has 0 aliphatic carbocycles. The lowest BCUT2D eigenvalue weighted by molar-refractivity contribution is 0.877. The third kappa shape index (κ3) is 5.49. The molecule has 11 heteroatoms. The highest BCUT2D eigenvalue weighted by molar-refractivity contribution is 7.30. The van der Waals surface area contributed by atoms with E-state index >= 15 is 0 Å². The van der Waals surface area contributed by atoms with E-state index in [0.717, 1.165) is 49.7 Å². The summed E-state index contributed by atoms with van der Waals surface area (Å²) in [6.07, 6.45) is 0. The predicted octanol–water partition coefficient (Wildman–Crippen LogP) is 10.8. The van der Waals surface area contributed by atoms with Gasteiger partial charge < -0.3 is 0 Å². The number of hydrogen-bond acceptors (Lipinski definition) is 6. The molecule has 0 spiro atoms. The van der Waals surface area contributed by atoms with Crippen LogP contribution in [0.15, 0.2) is 224 Å². The van der Waals surface area contributed by atoms with Crippen molar-refractivity contribution in [2.45, 2.75) is 0 Å². The van der Waals surface area contributed by atoms with Crippen molar-refractivity contribution < 1.29 is 0 Å². The second kappa shape index (κ2) is 15.0. The molecule has 0 N–H and O–H groups in total. The zero-order valence-corrected chi connectivity index (χ0v) is 39.1. The first kappa shape index (κ1) is 39.0. The lowest BCUT2D eigenvalue weighted by Crippen LogP contribution is -2.74. The fraction of sp³-hybridized carbons (Fsp3) is 0. The third-order valence-corrected chi connectivity index (χ3v) is 20.2. The van der Waals surface area contributed by atoms with Crippen LogP contribution < -0.4 is 20.7 Å². The highest BCUT2D eigenvalue weighted by Gasteiger charge is 2.43. The van der Waals surface area contributed by atoms with Crippen molar-refractivity contribution in [3.8, 4) is 23.3 Å². The van der Waals surface area contributed by atoms with Crippen molar-refractivity contribution >= 4 is 116 Å². The Morgan fingerprint density at radius 1 is 0.357 bits per heavy atom. The average Bonchev–Trinajstić information content (AvgIpc) is 4.24. The van der Waals surface area contributed by atoms with Gasteiger partial charge in [-0.15, -0.1) is 11.3 Å². The molecule has 0 radical (unpaired) electrons. The number of nitrogens with zero attached hydrogens (tertiary/aromatic N) is 9. The minimum absolute atomic E-state index is 0.448. The van der Waals surface area contributed by atoms with E-state index in [1.165, 1.54) is 40.9 Å². The van der Waals surface area contributed by atoms with Gasteiger partial charge in [-0.2, -0.15) is 15.0 Å². The first-order valence-electron chi connectivity index (χ1n) is 23.4. The monoisotopic (exact) mass is 931 g/mol. The number of para-hydroxylation sites is 8. The average molecular weight is 932 g/mol. The number of aromatic nitrogens is 9. The fourth-order valence-corrected chi connectivity index (χ4v) is 17.6. The maximum Gasteiger partial charge on any atom is 0.242 e. The summed E-state index contributed by atoms with van der Waals surface area (Å²) in [5, 5.41) is 7.70. The molecule has 0 amide bonds. The van der Waals surface area contributed by atoms with Gasteiger partial charge in [0.1, 0.15) is 0 Å². The number of benzene rings is 9. The van der Waals surface area contributed by atoms with Gasteiger partial charge in [-0.25, -0.2) is 19.1 Å². The van der Waals surface area contributed by atoms with Crippen LogP contribution in [0.3, 0.4) is 0 Å². The summed E-state index contributed by atoms with van der Waals surface area (Å²) in [4.78, 5) is 27.0. The summed E-state index contributed by atoms with van der Waals surface area (Å²) < 4.78 is 11.1. The Morgan fingerprint density at radius 3 is 1.43 bits per heavy atom. The van der Waals surface area contributed by atoms with Gasteiger partial charge in [0.05, 0.1) is 44.1 Å². The van der Waals surface area contributed by atoms with Crippen LogP contribution in [0.25, 0.3) is 99.1 Å². The molecule has 15 rings (SSSR count). The summed E-state index contributed by atoms with van der Waals surface area (Å²) in [6, 6.07) is 80.2. The van der Waals surface area contributed by atoms with Gasteiger partial charge >= 0.3 is 0 Å². The minimum atomic E-state index is -3.11. The largest absolute Gasteiger partial charge is 0.276 e. The van der Waals surface area contributed by atoms with Gasteiger partial charge in [-0.05, 0) is 75.3 Å². The van der Waals surface area contributed by atoms with E-state index in [2.05, 4.69) is 230 Å². The van der Waals surface area contributed by atoms with Crippen LogP contribution >= 0.6 is 11.3 Å². The van der Waals surface area contributed by atoms with E-state index < -0.39 is 8.07 Å². The smallest absolute Gasteiger partial charge is 0.242 e. The molecule has 6 heterocycles. The molecule has 0 aliphatic heterocycles. The van der Waals surface area contributed by atoms with Gasteiger partial charge in [-0.1, -0.05) is 170 Å². The Hall–Kier alpha value is -9.03. The lowest BCUT2D eigenvalue weighted by Gasteiger charge is -2.35. The molecule has 0 fully saturated rings. The normalized spacial score (nSPS) is 12.3. The van der Waals surface area contributed by atoms with Crippen LogP contribution in [0.2, 0.25) is 0 Å². The van der Waals surface area contributed by atoms with Crippen LogP contribution in [-0.2, 0) is 0 Å². The van der Waals surface area contributed by atoms with E-state index in [4.69, 9.17) is 24.9 Å². The van der Waals surface area contributed by atoms with Crippen LogP contribution in [-0.4, -0.2) is 50.9 Å². The second-order valence-corrected chi connectivity index (χ2v) is 22.5. The Kier molecular flexibility index (Phi) is 8.35. The van der Waals surface area contributed by atoms with Crippen molar-refractivity contribution in [1.29, 1.82) is 0 Å². The fourth-order valence-electron chi connectivity index (χ4n) is 11.1. The van der Waals surface area contributed by atoms with Gasteiger partial charge in [-0.3, -0.25) is 8.80 Å². The molecule has 0 atom stereocenters. The molecule has 0 saturated heterocycles. The maximum atomic E-state index is 5.51. The summed E-state index contributed by atoms with van der Waals surface area (Å²) in [5.74, 6) is 2.85. The van der Waals surface area contributed by atoms with Crippen LogP contribution in [0.5, 0.6) is 0 Å². The van der Waals surface area contributed by atoms with Crippen LogP contribution in [0.4, 0.5) is 0 Å².